The molecule has 3 aliphatic rings. The maximum absolute atomic E-state index is 12.9. The molecule has 2 amide bonds. The Morgan fingerprint density at radius 1 is 1.16 bits per heavy atom. The number of urea groups is 1. The predicted octanol–water partition coefficient (Wildman–Crippen LogP) is 3.10. The predicted molar refractivity (Wildman–Crippen MR) is 123 cm³/mol. The molecule has 2 aromatic rings. The lowest BCUT2D eigenvalue weighted by Gasteiger charge is -2.37. The number of amides is 2. The van der Waals surface area contributed by atoms with E-state index in [9.17, 15) is 4.79 Å². The highest BCUT2D eigenvalue weighted by Crippen LogP contribution is 2.25. The second-order valence-corrected chi connectivity index (χ2v) is 7.97. The van der Waals surface area contributed by atoms with Crippen LogP contribution in [0.5, 0.6) is 0 Å². The molecule has 1 fully saturated rings. The van der Waals surface area contributed by atoms with Gasteiger partial charge in [0.2, 0.25) is 0 Å². The van der Waals surface area contributed by atoms with Gasteiger partial charge in [-0.1, -0.05) is 13.8 Å². The molecule has 2 N–H and O–H groups in total. The summed E-state index contributed by atoms with van der Waals surface area (Å²) in [4.78, 5) is 26.1. The SMILES string of the molecule is CC.Cc1cn2cc(C3N=C4C=CC(N5CCNC(C)C5)=CN4C(=O)N3)cc(C)c2n1. The van der Waals surface area contributed by atoms with Gasteiger partial charge in [0, 0.05) is 49.8 Å². The number of rotatable bonds is 2. The molecule has 0 aliphatic carbocycles. The Balaban J connectivity index is 0.00000112. The highest BCUT2D eigenvalue weighted by atomic mass is 16.2. The number of fused-ring (bicyclic) bond motifs is 2. The fraction of sp³-hybridized carbons (Fsp3) is 0.435. The molecule has 3 aliphatic heterocycles. The molecule has 5 heterocycles. The monoisotopic (exact) mass is 421 g/mol. The van der Waals surface area contributed by atoms with Crippen LogP contribution < -0.4 is 10.6 Å². The van der Waals surface area contributed by atoms with Crippen LogP contribution in [0.15, 0.2) is 47.5 Å². The van der Waals surface area contributed by atoms with E-state index in [0.717, 1.165) is 47.8 Å². The molecule has 164 valence electrons. The fourth-order valence-electron chi connectivity index (χ4n) is 4.18. The van der Waals surface area contributed by atoms with Crippen molar-refractivity contribution in [3.63, 3.8) is 0 Å². The van der Waals surface area contributed by atoms with Crippen molar-refractivity contribution in [1.29, 1.82) is 0 Å². The van der Waals surface area contributed by atoms with Crippen LogP contribution in [0.4, 0.5) is 4.79 Å². The van der Waals surface area contributed by atoms with Crippen LogP contribution in [-0.4, -0.2) is 56.7 Å². The molecule has 5 rings (SSSR count). The molecule has 8 nitrogen and oxygen atoms in total. The van der Waals surface area contributed by atoms with Crippen molar-refractivity contribution in [3.05, 3.63) is 59.3 Å². The van der Waals surface area contributed by atoms with Gasteiger partial charge in [0.25, 0.3) is 0 Å². The summed E-state index contributed by atoms with van der Waals surface area (Å²) in [7, 11) is 0. The zero-order valence-electron chi connectivity index (χ0n) is 18.9. The molecule has 1 saturated heterocycles. The topological polar surface area (TPSA) is 77.3 Å². The highest BCUT2D eigenvalue weighted by Gasteiger charge is 2.30. The van der Waals surface area contributed by atoms with Gasteiger partial charge in [-0.2, -0.15) is 0 Å². The average Bonchev–Trinajstić information content (AvgIpc) is 3.16. The summed E-state index contributed by atoms with van der Waals surface area (Å²) in [5.41, 5.74) is 4.93. The van der Waals surface area contributed by atoms with Gasteiger partial charge in [-0.05, 0) is 44.6 Å². The summed E-state index contributed by atoms with van der Waals surface area (Å²) >= 11 is 0. The van der Waals surface area contributed by atoms with Gasteiger partial charge in [-0.15, -0.1) is 0 Å². The molecule has 2 atom stereocenters. The van der Waals surface area contributed by atoms with Gasteiger partial charge in [0.05, 0.1) is 11.4 Å². The Labute approximate surface area is 183 Å². The summed E-state index contributed by atoms with van der Waals surface area (Å²) in [6, 6.07) is 2.31. The number of carbonyl (C=O) groups excluding carboxylic acids is 1. The molecular weight excluding hydrogens is 390 g/mol. The zero-order valence-corrected chi connectivity index (χ0v) is 18.9. The summed E-state index contributed by atoms with van der Waals surface area (Å²) < 4.78 is 2.00. The van der Waals surface area contributed by atoms with Crippen LogP contribution >= 0.6 is 0 Å². The minimum atomic E-state index is -0.418. The Bertz CT molecular complexity index is 1080. The number of piperazine rings is 1. The van der Waals surface area contributed by atoms with E-state index in [0.29, 0.717) is 11.9 Å². The second-order valence-electron chi connectivity index (χ2n) is 7.97. The number of amidine groups is 1. The number of hydrogen-bond acceptors (Lipinski definition) is 5. The van der Waals surface area contributed by atoms with Crippen molar-refractivity contribution in [2.45, 2.75) is 46.8 Å². The van der Waals surface area contributed by atoms with Gasteiger partial charge in [0.15, 0.2) is 6.17 Å². The van der Waals surface area contributed by atoms with E-state index in [1.54, 1.807) is 4.90 Å². The van der Waals surface area contributed by atoms with Gasteiger partial charge in [-0.25, -0.2) is 14.8 Å². The van der Waals surface area contributed by atoms with E-state index >= 15 is 0 Å². The van der Waals surface area contributed by atoms with Crippen molar-refractivity contribution >= 4 is 17.5 Å². The number of pyridine rings is 1. The number of aromatic nitrogens is 2. The molecule has 31 heavy (non-hydrogen) atoms. The number of aryl methyl sites for hydroxylation is 2. The van der Waals surface area contributed by atoms with Gasteiger partial charge in [0.1, 0.15) is 11.5 Å². The first-order chi connectivity index (χ1) is 15.0. The minimum absolute atomic E-state index is 0.162. The lowest BCUT2D eigenvalue weighted by Crippen LogP contribution is -2.51. The number of nitrogens with zero attached hydrogens (tertiary/aromatic N) is 5. The van der Waals surface area contributed by atoms with Crippen LogP contribution in [0.2, 0.25) is 0 Å². The Morgan fingerprint density at radius 3 is 2.74 bits per heavy atom. The van der Waals surface area contributed by atoms with Crippen LogP contribution in [-0.2, 0) is 0 Å². The summed E-state index contributed by atoms with van der Waals surface area (Å²) in [6.07, 6.45) is 9.43. The van der Waals surface area contributed by atoms with Gasteiger partial charge >= 0.3 is 6.03 Å². The van der Waals surface area contributed by atoms with E-state index in [2.05, 4.69) is 33.5 Å². The maximum atomic E-state index is 12.9. The van der Waals surface area contributed by atoms with E-state index in [4.69, 9.17) is 4.99 Å². The Kier molecular flexibility index (Phi) is 5.82. The molecule has 2 unspecified atom stereocenters. The second kappa shape index (κ2) is 8.55. The number of nitrogens with one attached hydrogen (secondary N) is 2. The van der Waals surface area contributed by atoms with Crippen molar-refractivity contribution in [3.8, 4) is 0 Å². The van der Waals surface area contributed by atoms with Gasteiger partial charge in [-0.3, -0.25) is 4.90 Å². The van der Waals surface area contributed by atoms with E-state index in [1.165, 1.54) is 0 Å². The van der Waals surface area contributed by atoms with Gasteiger partial charge < -0.3 is 19.9 Å². The number of carbonyl (C=O) groups is 1. The molecule has 0 radical (unpaired) electrons. The van der Waals surface area contributed by atoms with E-state index in [1.807, 2.05) is 62.8 Å². The summed E-state index contributed by atoms with van der Waals surface area (Å²) in [5, 5.41) is 6.46. The summed E-state index contributed by atoms with van der Waals surface area (Å²) in [6.45, 7) is 13.0. The highest BCUT2D eigenvalue weighted by molar-refractivity contribution is 6.07. The quantitative estimate of drug-likeness (QED) is 0.781. The fourth-order valence-corrected chi connectivity index (χ4v) is 4.18. The number of aliphatic imine (C=N–C) groups is 1. The molecule has 0 bridgehead atoms. The first-order valence-corrected chi connectivity index (χ1v) is 11.0. The molecular formula is C23H31N7O. The minimum Gasteiger partial charge on any atom is -0.368 e. The van der Waals surface area contributed by atoms with Crippen molar-refractivity contribution in [2.75, 3.05) is 19.6 Å². The molecule has 0 spiro atoms. The molecule has 0 saturated carbocycles. The number of hydrogen-bond donors (Lipinski definition) is 2. The van der Waals surface area contributed by atoms with Crippen molar-refractivity contribution < 1.29 is 4.79 Å². The van der Waals surface area contributed by atoms with E-state index < -0.39 is 6.17 Å². The van der Waals surface area contributed by atoms with Crippen LogP contribution in [0, 0.1) is 13.8 Å². The number of allylic oxidation sites excluding steroid dienone is 1. The van der Waals surface area contributed by atoms with Crippen molar-refractivity contribution in [2.24, 2.45) is 4.99 Å². The molecule has 0 aromatic carbocycles. The standard InChI is InChI=1S/C21H25N7O.C2H6/c1-13-8-16(11-27-10-15(3)23-20(13)27)19-24-18-5-4-17(12-28(18)21(29)25-19)26-7-6-22-14(2)9-26;1-2/h4-5,8,10-12,14,19,22H,6-7,9H2,1-3H3,(H,25,29);1-2H3. The lowest BCUT2D eigenvalue weighted by atomic mass is 10.1. The lowest BCUT2D eigenvalue weighted by molar-refractivity contribution is 0.220. The van der Waals surface area contributed by atoms with Crippen LogP contribution in [0.3, 0.4) is 0 Å². The number of imidazole rings is 1. The van der Waals surface area contributed by atoms with Crippen molar-refractivity contribution in [1.82, 2.24) is 29.8 Å². The van der Waals surface area contributed by atoms with E-state index in [-0.39, 0.29) is 6.03 Å². The van der Waals surface area contributed by atoms with Crippen LogP contribution in [0.1, 0.15) is 43.8 Å². The third kappa shape index (κ3) is 4.07. The summed E-state index contributed by atoms with van der Waals surface area (Å²) in [5.74, 6) is 0.658. The third-order valence-corrected chi connectivity index (χ3v) is 5.58. The zero-order chi connectivity index (χ0) is 22.1. The largest absolute Gasteiger partial charge is 0.368 e. The maximum Gasteiger partial charge on any atom is 0.329 e. The first-order valence-electron chi connectivity index (χ1n) is 11.0. The smallest absolute Gasteiger partial charge is 0.329 e. The normalized spacial score (nSPS) is 22.9. The molecule has 8 heteroatoms. The Morgan fingerprint density at radius 2 is 1.97 bits per heavy atom. The first kappa shape index (κ1) is 21.1. The Hall–Kier alpha value is -3.13. The third-order valence-electron chi connectivity index (χ3n) is 5.58. The van der Waals surface area contributed by atoms with Crippen LogP contribution in [0.25, 0.3) is 5.65 Å². The molecule has 2 aromatic heterocycles. The average molecular weight is 422 g/mol.